The smallest absolute Gasteiger partial charge is 0.317 e. The number of nitrogens with two attached hydrogens (primary N) is 1. The molecule has 0 aromatic heterocycles. The Bertz CT molecular complexity index is 394. The summed E-state index contributed by atoms with van der Waals surface area (Å²) in [6.07, 6.45) is 0. The van der Waals surface area contributed by atoms with Gasteiger partial charge in [0.1, 0.15) is 0 Å². The molecule has 1 aromatic rings. The van der Waals surface area contributed by atoms with Crippen molar-refractivity contribution in [3.63, 3.8) is 0 Å². The van der Waals surface area contributed by atoms with Crippen molar-refractivity contribution < 1.29 is 10.0 Å². The molecule has 0 aliphatic heterocycles. The van der Waals surface area contributed by atoms with Crippen LogP contribution in [0.25, 0.3) is 0 Å². The Labute approximate surface area is 102 Å². The van der Waals surface area contributed by atoms with Crippen LogP contribution in [0.1, 0.15) is 0 Å². The molecule has 0 bridgehead atoms. The van der Waals surface area contributed by atoms with Crippen molar-refractivity contribution in [3.8, 4) is 0 Å². The fraction of sp³-hybridized carbons (Fsp3) is 0.111. The summed E-state index contributed by atoms with van der Waals surface area (Å²) in [6.45, 7) is 0. The molecule has 1 aromatic carbocycles. The van der Waals surface area contributed by atoms with Gasteiger partial charge in [-0.05, 0) is 24.3 Å². The molecule has 16 heavy (non-hydrogen) atoms. The van der Waals surface area contributed by atoms with Gasteiger partial charge in [-0.2, -0.15) is 0 Å². The zero-order valence-corrected chi connectivity index (χ0v) is 9.76. The van der Waals surface area contributed by atoms with E-state index in [0.29, 0.717) is 10.8 Å². The number of primary amides is 1. The third kappa shape index (κ3) is 4.41. The molecule has 0 heterocycles. The largest absolute Gasteiger partial charge is 0.409 e. The zero-order chi connectivity index (χ0) is 12.0. The number of hydrogen-bond acceptors (Lipinski definition) is 4. The van der Waals surface area contributed by atoms with E-state index in [-0.39, 0.29) is 5.84 Å². The van der Waals surface area contributed by atoms with Gasteiger partial charge in [0.2, 0.25) is 0 Å². The van der Waals surface area contributed by atoms with Gasteiger partial charge in [0.25, 0.3) is 0 Å². The molecular formula is C9H10ClN3O2S. The van der Waals surface area contributed by atoms with Crippen molar-refractivity contribution in [2.45, 2.75) is 4.90 Å². The molecule has 0 atom stereocenters. The summed E-state index contributed by atoms with van der Waals surface area (Å²) < 4.78 is 0. The minimum atomic E-state index is -0.760. The summed E-state index contributed by atoms with van der Waals surface area (Å²) in [5, 5.41) is 14.4. The average Bonchev–Trinajstić information content (AvgIpc) is 2.26. The lowest BCUT2D eigenvalue weighted by molar-refractivity contribution is 0.252. The molecule has 0 spiro atoms. The molecule has 0 fully saturated rings. The second-order valence-electron chi connectivity index (χ2n) is 2.78. The van der Waals surface area contributed by atoms with Crippen LogP contribution in [0.4, 0.5) is 4.79 Å². The van der Waals surface area contributed by atoms with Crippen LogP contribution < -0.4 is 11.1 Å². The van der Waals surface area contributed by atoms with Crippen molar-refractivity contribution in [1.82, 2.24) is 5.32 Å². The lowest BCUT2D eigenvalue weighted by atomic mass is 10.4. The van der Waals surface area contributed by atoms with Crippen LogP contribution in [0.5, 0.6) is 0 Å². The molecule has 4 N–H and O–H groups in total. The molecule has 1 rings (SSSR count). The molecule has 0 aliphatic rings. The Kier molecular flexibility index (Phi) is 4.94. The molecule has 0 saturated carbocycles. The van der Waals surface area contributed by atoms with E-state index in [1.165, 1.54) is 11.8 Å². The maximum atomic E-state index is 10.5. The Morgan fingerprint density at radius 2 is 2.12 bits per heavy atom. The van der Waals surface area contributed by atoms with Crippen molar-refractivity contribution in [2.24, 2.45) is 10.9 Å². The Balaban J connectivity index is 2.50. The van der Waals surface area contributed by atoms with Gasteiger partial charge in [0.05, 0.1) is 5.75 Å². The first-order valence-electron chi connectivity index (χ1n) is 4.27. The molecule has 0 unspecified atom stereocenters. The third-order valence-corrected chi connectivity index (χ3v) is 2.85. The van der Waals surface area contributed by atoms with Crippen molar-refractivity contribution in [2.75, 3.05) is 5.75 Å². The highest BCUT2D eigenvalue weighted by molar-refractivity contribution is 8.00. The molecule has 0 saturated heterocycles. The van der Waals surface area contributed by atoms with E-state index in [1.54, 1.807) is 12.1 Å². The Morgan fingerprint density at radius 1 is 1.50 bits per heavy atom. The van der Waals surface area contributed by atoms with Gasteiger partial charge in [0, 0.05) is 9.92 Å². The van der Waals surface area contributed by atoms with E-state index < -0.39 is 6.03 Å². The first-order valence-corrected chi connectivity index (χ1v) is 5.64. The van der Waals surface area contributed by atoms with Crippen LogP contribution in [-0.2, 0) is 0 Å². The number of halogens is 1. The lowest BCUT2D eigenvalue weighted by Gasteiger charge is -2.04. The molecule has 0 aliphatic carbocycles. The second-order valence-corrected chi connectivity index (χ2v) is 4.26. The van der Waals surface area contributed by atoms with Crippen molar-refractivity contribution in [1.29, 1.82) is 0 Å². The van der Waals surface area contributed by atoms with Gasteiger partial charge in [-0.25, -0.2) is 4.79 Å². The van der Waals surface area contributed by atoms with Gasteiger partial charge in [-0.3, -0.25) is 5.32 Å². The van der Waals surface area contributed by atoms with Crippen LogP contribution in [-0.4, -0.2) is 22.8 Å². The number of urea groups is 1. The summed E-state index contributed by atoms with van der Waals surface area (Å²) in [4.78, 5) is 11.5. The predicted molar refractivity (Wildman–Crippen MR) is 64.1 cm³/mol. The van der Waals surface area contributed by atoms with E-state index in [2.05, 4.69) is 10.5 Å². The van der Waals surface area contributed by atoms with Crippen molar-refractivity contribution >= 4 is 35.2 Å². The number of rotatable bonds is 3. The minimum absolute atomic E-state index is 0.104. The number of hydrogen-bond donors (Lipinski definition) is 3. The molecule has 86 valence electrons. The van der Waals surface area contributed by atoms with Crippen LogP contribution in [0, 0.1) is 0 Å². The standard InChI is InChI=1S/C9H10ClN3O2S/c10-6-1-3-7(4-2-6)16-5-8(13-15)12-9(11)14/h1-4,15H,5H2,(H3,11,12,13,14). The number of amides is 2. The highest BCUT2D eigenvalue weighted by Crippen LogP contribution is 2.19. The number of oxime groups is 1. The summed E-state index contributed by atoms with van der Waals surface area (Å²) in [7, 11) is 0. The number of nitrogens with one attached hydrogen (secondary N) is 1. The van der Waals surface area contributed by atoms with Crippen LogP contribution in [0.2, 0.25) is 5.02 Å². The number of nitrogens with zero attached hydrogens (tertiary/aromatic N) is 1. The Morgan fingerprint density at radius 3 is 2.62 bits per heavy atom. The highest BCUT2D eigenvalue weighted by atomic mass is 35.5. The van der Waals surface area contributed by atoms with Crippen LogP contribution in [0.3, 0.4) is 0 Å². The molecule has 5 nitrogen and oxygen atoms in total. The summed E-state index contributed by atoms with van der Waals surface area (Å²) in [5.74, 6) is 0.411. The van der Waals surface area contributed by atoms with E-state index in [9.17, 15) is 4.79 Å². The number of carbonyl (C=O) groups is 1. The normalized spacial score (nSPS) is 11.2. The first-order chi connectivity index (χ1) is 7.61. The van der Waals surface area contributed by atoms with Gasteiger partial charge in [-0.1, -0.05) is 16.8 Å². The summed E-state index contributed by atoms with van der Waals surface area (Å²) in [6, 6.07) is 6.39. The maximum absolute atomic E-state index is 10.5. The number of carbonyl (C=O) groups excluding carboxylic acids is 1. The van der Waals surface area contributed by atoms with Gasteiger partial charge in [0.15, 0.2) is 5.84 Å². The quantitative estimate of drug-likeness (QED) is 0.255. The topological polar surface area (TPSA) is 87.7 Å². The molecular weight excluding hydrogens is 250 g/mol. The zero-order valence-electron chi connectivity index (χ0n) is 8.18. The number of amidine groups is 1. The van der Waals surface area contributed by atoms with Gasteiger partial charge >= 0.3 is 6.03 Å². The summed E-state index contributed by atoms with van der Waals surface area (Å²) >= 11 is 7.11. The van der Waals surface area contributed by atoms with Crippen LogP contribution >= 0.6 is 23.4 Å². The van der Waals surface area contributed by atoms with E-state index in [1.807, 2.05) is 12.1 Å². The first kappa shape index (κ1) is 12.7. The second kappa shape index (κ2) is 6.24. The number of benzene rings is 1. The average molecular weight is 260 g/mol. The van der Waals surface area contributed by atoms with E-state index >= 15 is 0 Å². The predicted octanol–water partition coefficient (Wildman–Crippen LogP) is 1.89. The monoisotopic (exact) mass is 259 g/mol. The fourth-order valence-electron chi connectivity index (χ4n) is 0.915. The molecule has 0 radical (unpaired) electrons. The number of thioether (sulfide) groups is 1. The Hall–Kier alpha value is -1.40. The van der Waals surface area contributed by atoms with Gasteiger partial charge < -0.3 is 10.9 Å². The third-order valence-electron chi connectivity index (χ3n) is 1.58. The minimum Gasteiger partial charge on any atom is -0.409 e. The molecule has 2 amide bonds. The lowest BCUT2D eigenvalue weighted by Crippen LogP contribution is -2.36. The van der Waals surface area contributed by atoms with Gasteiger partial charge in [-0.15, -0.1) is 11.8 Å². The fourth-order valence-corrected chi connectivity index (χ4v) is 1.80. The summed E-state index contributed by atoms with van der Waals surface area (Å²) in [5.41, 5.74) is 4.89. The highest BCUT2D eigenvalue weighted by Gasteiger charge is 2.04. The van der Waals surface area contributed by atoms with E-state index in [0.717, 1.165) is 4.90 Å². The van der Waals surface area contributed by atoms with Crippen molar-refractivity contribution in [3.05, 3.63) is 29.3 Å². The molecule has 7 heteroatoms. The maximum Gasteiger partial charge on any atom is 0.317 e. The van der Waals surface area contributed by atoms with Crippen LogP contribution in [0.15, 0.2) is 34.3 Å². The van der Waals surface area contributed by atoms with E-state index in [4.69, 9.17) is 22.5 Å². The SMILES string of the molecule is NC(=O)N/C(CSc1ccc(Cl)cc1)=N/O.